The molecule has 0 saturated heterocycles. The summed E-state index contributed by atoms with van der Waals surface area (Å²) in [7, 11) is 0. The fourth-order valence-electron chi connectivity index (χ4n) is 1.62. The Labute approximate surface area is 100 Å². The van der Waals surface area contributed by atoms with Gasteiger partial charge in [0.25, 0.3) is 5.91 Å². The van der Waals surface area contributed by atoms with Crippen LogP contribution in [-0.2, 0) is 18.0 Å². The number of hydrogen-bond acceptors (Lipinski definition) is 4. The maximum absolute atomic E-state index is 12.5. The van der Waals surface area contributed by atoms with Gasteiger partial charge < -0.3 is 10.8 Å². The van der Waals surface area contributed by atoms with E-state index in [4.69, 9.17) is 10.8 Å². The van der Waals surface area contributed by atoms with Crippen molar-refractivity contribution in [3.8, 4) is 0 Å². The Hall–Kier alpha value is -2.51. The molecule has 2 rings (SSSR count). The lowest BCUT2D eigenvalue weighted by Crippen LogP contribution is -2.14. The van der Waals surface area contributed by atoms with Gasteiger partial charge in [0, 0.05) is 5.39 Å². The quantitative estimate of drug-likeness (QED) is 0.800. The molecule has 0 aromatic carbocycles. The lowest BCUT2D eigenvalue weighted by atomic mass is 10.2. The maximum Gasteiger partial charge on any atom is 0.325 e. The number of hydrogen-bond donors (Lipinski definition) is 2. The highest BCUT2D eigenvalue weighted by atomic mass is 19.1. The van der Waals surface area contributed by atoms with Gasteiger partial charge in [0.1, 0.15) is 13.2 Å². The summed E-state index contributed by atoms with van der Waals surface area (Å²) in [5.41, 5.74) is 5.49. The average Bonchev–Trinajstić information content (AvgIpc) is 2.66. The Balaban J connectivity index is 2.67. The molecule has 0 aliphatic rings. The number of carbonyl (C=O) groups is 2. The van der Waals surface area contributed by atoms with E-state index in [1.54, 1.807) is 0 Å². The van der Waals surface area contributed by atoms with Crippen molar-refractivity contribution in [2.45, 2.75) is 13.2 Å². The Morgan fingerprint density at radius 3 is 2.78 bits per heavy atom. The fraction of sp³-hybridized carbons (Fsp3) is 0.200. The minimum Gasteiger partial charge on any atom is -0.480 e. The van der Waals surface area contributed by atoms with Crippen molar-refractivity contribution in [1.29, 1.82) is 0 Å². The Bertz CT molecular complexity index is 637. The molecule has 3 N–H and O–H groups in total. The first-order valence-electron chi connectivity index (χ1n) is 4.96. The van der Waals surface area contributed by atoms with Gasteiger partial charge in [-0.3, -0.25) is 19.3 Å². The first-order chi connectivity index (χ1) is 8.52. The average molecular weight is 252 g/mol. The van der Waals surface area contributed by atoms with Crippen molar-refractivity contribution in [2.75, 3.05) is 0 Å². The number of rotatable bonds is 4. The van der Waals surface area contributed by atoms with E-state index in [-0.39, 0.29) is 11.4 Å². The van der Waals surface area contributed by atoms with Crippen molar-refractivity contribution in [3.63, 3.8) is 0 Å². The van der Waals surface area contributed by atoms with E-state index in [9.17, 15) is 14.0 Å². The Morgan fingerprint density at radius 2 is 2.22 bits per heavy atom. The van der Waals surface area contributed by atoms with Crippen LogP contribution in [0.3, 0.4) is 0 Å². The van der Waals surface area contributed by atoms with Crippen molar-refractivity contribution in [3.05, 3.63) is 23.7 Å². The summed E-state index contributed by atoms with van der Waals surface area (Å²) in [6.07, 6.45) is 1.27. The summed E-state index contributed by atoms with van der Waals surface area (Å²) < 4.78 is 13.6. The molecule has 2 aromatic rings. The van der Waals surface area contributed by atoms with E-state index < -0.39 is 25.1 Å². The zero-order valence-electron chi connectivity index (χ0n) is 9.13. The fourth-order valence-corrected chi connectivity index (χ4v) is 1.62. The third-order valence-electron chi connectivity index (χ3n) is 2.35. The van der Waals surface area contributed by atoms with Gasteiger partial charge in [0.2, 0.25) is 0 Å². The smallest absolute Gasteiger partial charge is 0.325 e. The standard InChI is InChI=1S/C10H9FN4O3/c11-2-5-1-6-7(3-13-5)15(4-8(16)17)14-9(6)10(12)18/h1,3H,2,4H2,(H2,12,18)(H,16,17). The molecule has 94 valence electrons. The van der Waals surface area contributed by atoms with Crippen LogP contribution in [0, 0.1) is 0 Å². The number of pyridine rings is 1. The molecule has 0 radical (unpaired) electrons. The first-order valence-corrected chi connectivity index (χ1v) is 4.96. The van der Waals surface area contributed by atoms with Gasteiger partial charge in [-0.15, -0.1) is 0 Å². The molecule has 1 amide bonds. The molecular weight excluding hydrogens is 243 g/mol. The molecule has 0 atom stereocenters. The Kier molecular flexibility index (Phi) is 2.92. The van der Waals surface area contributed by atoms with Crippen LogP contribution >= 0.6 is 0 Å². The SMILES string of the molecule is NC(=O)c1nn(CC(=O)O)c2cnc(CF)cc12. The summed E-state index contributed by atoms with van der Waals surface area (Å²) in [6.45, 7) is -1.22. The van der Waals surface area contributed by atoms with Crippen molar-refractivity contribution < 1.29 is 19.1 Å². The van der Waals surface area contributed by atoms with Crippen molar-refractivity contribution >= 4 is 22.8 Å². The number of amides is 1. The molecule has 0 unspecified atom stereocenters. The topological polar surface area (TPSA) is 111 Å². The summed E-state index contributed by atoms with van der Waals surface area (Å²) >= 11 is 0. The van der Waals surface area contributed by atoms with Crippen molar-refractivity contribution in [2.24, 2.45) is 5.73 Å². The second-order valence-electron chi connectivity index (χ2n) is 3.59. The molecule has 2 heterocycles. The molecule has 0 bridgehead atoms. The molecule has 0 fully saturated rings. The van der Waals surface area contributed by atoms with Crippen LogP contribution in [0.1, 0.15) is 16.2 Å². The number of aliphatic carboxylic acids is 1. The summed E-state index contributed by atoms with van der Waals surface area (Å²) in [4.78, 5) is 25.6. The van der Waals surface area contributed by atoms with E-state index >= 15 is 0 Å². The van der Waals surface area contributed by atoms with E-state index in [0.717, 1.165) is 4.68 Å². The third kappa shape index (κ3) is 1.99. The number of halogens is 1. The summed E-state index contributed by atoms with van der Waals surface area (Å²) in [6, 6.07) is 1.33. The largest absolute Gasteiger partial charge is 0.480 e. The number of nitrogens with zero attached hydrogens (tertiary/aromatic N) is 3. The van der Waals surface area contributed by atoms with Gasteiger partial charge in [-0.2, -0.15) is 5.10 Å². The van der Waals surface area contributed by atoms with Gasteiger partial charge in [-0.25, -0.2) is 4.39 Å². The number of alkyl halides is 1. The van der Waals surface area contributed by atoms with E-state index in [2.05, 4.69) is 10.1 Å². The zero-order valence-corrected chi connectivity index (χ0v) is 9.13. The van der Waals surface area contributed by atoms with E-state index in [1.165, 1.54) is 12.3 Å². The molecule has 7 nitrogen and oxygen atoms in total. The van der Waals surface area contributed by atoms with Gasteiger partial charge >= 0.3 is 5.97 Å². The Morgan fingerprint density at radius 1 is 1.50 bits per heavy atom. The van der Waals surface area contributed by atoms with E-state index in [0.29, 0.717) is 10.9 Å². The summed E-state index contributed by atoms with van der Waals surface area (Å²) in [5.74, 6) is -1.93. The molecule has 18 heavy (non-hydrogen) atoms. The van der Waals surface area contributed by atoms with Crippen LogP contribution < -0.4 is 5.73 Å². The highest BCUT2D eigenvalue weighted by Crippen LogP contribution is 2.19. The van der Waals surface area contributed by atoms with Crippen LogP contribution in [0.5, 0.6) is 0 Å². The van der Waals surface area contributed by atoms with Gasteiger partial charge in [-0.05, 0) is 6.07 Å². The van der Waals surface area contributed by atoms with Crippen LogP contribution in [0.25, 0.3) is 10.9 Å². The normalized spacial score (nSPS) is 10.7. The van der Waals surface area contributed by atoms with Gasteiger partial charge in [0.05, 0.1) is 17.4 Å². The monoisotopic (exact) mass is 252 g/mol. The minimum atomic E-state index is -1.12. The molecule has 0 spiro atoms. The van der Waals surface area contributed by atoms with Crippen LogP contribution in [0.15, 0.2) is 12.3 Å². The number of carboxylic acids is 1. The van der Waals surface area contributed by atoms with Gasteiger partial charge in [0.15, 0.2) is 5.69 Å². The van der Waals surface area contributed by atoms with Gasteiger partial charge in [-0.1, -0.05) is 0 Å². The predicted octanol–water partition coefficient (Wildman–Crippen LogP) is 0.0843. The lowest BCUT2D eigenvalue weighted by Gasteiger charge is -1.98. The number of carbonyl (C=O) groups excluding carboxylic acids is 1. The molecule has 8 heteroatoms. The lowest BCUT2D eigenvalue weighted by molar-refractivity contribution is -0.137. The highest BCUT2D eigenvalue weighted by molar-refractivity contribution is 6.04. The van der Waals surface area contributed by atoms with Crippen LogP contribution in [0.4, 0.5) is 4.39 Å². The minimum absolute atomic E-state index is 0.0941. The second kappa shape index (κ2) is 4.40. The van der Waals surface area contributed by atoms with E-state index in [1.807, 2.05) is 0 Å². The number of primary amides is 1. The van der Waals surface area contributed by atoms with Crippen molar-refractivity contribution in [1.82, 2.24) is 14.8 Å². The molecule has 0 aliphatic carbocycles. The number of nitrogens with two attached hydrogens (primary N) is 1. The van der Waals surface area contributed by atoms with Crippen LogP contribution in [-0.4, -0.2) is 31.7 Å². The number of carboxylic acid groups (broad SMARTS) is 1. The predicted molar refractivity (Wildman–Crippen MR) is 58.5 cm³/mol. The third-order valence-corrected chi connectivity index (χ3v) is 2.35. The molecule has 2 aromatic heterocycles. The molecule has 0 saturated carbocycles. The highest BCUT2D eigenvalue weighted by Gasteiger charge is 2.17. The summed E-state index contributed by atoms with van der Waals surface area (Å²) in [5, 5.41) is 12.8. The van der Waals surface area contributed by atoms with Crippen LogP contribution in [0.2, 0.25) is 0 Å². The molecular formula is C10H9FN4O3. The second-order valence-corrected chi connectivity index (χ2v) is 3.59. The number of aromatic nitrogens is 3. The maximum atomic E-state index is 12.5. The molecule has 0 aliphatic heterocycles. The number of fused-ring (bicyclic) bond motifs is 1. The first kappa shape index (κ1) is 12.0. The zero-order chi connectivity index (χ0) is 13.3.